The zero-order chi connectivity index (χ0) is 29.7. The largest absolute Gasteiger partial charge is 0.301 e. The first-order valence-electron chi connectivity index (χ1n) is 15.1. The van der Waals surface area contributed by atoms with E-state index in [0.29, 0.717) is 0 Å². The van der Waals surface area contributed by atoms with Gasteiger partial charge in [-0.15, -0.1) is 0 Å². The second kappa shape index (κ2) is 10.2. The van der Waals surface area contributed by atoms with Gasteiger partial charge in [0.25, 0.3) is 0 Å². The van der Waals surface area contributed by atoms with Crippen molar-refractivity contribution in [3.05, 3.63) is 158 Å². The molecule has 0 atom stereocenters. The third-order valence-corrected chi connectivity index (χ3v) is 8.61. The molecular weight excluding hydrogens is 548 g/mol. The Morgan fingerprint density at radius 1 is 0.378 bits per heavy atom. The quantitative estimate of drug-likeness (QED) is 0.210. The molecule has 45 heavy (non-hydrogen) atoms. The Kier molecular flexibility index (Phi) is 5.78. The van der Waals surface area contributed by atoms with Gasteiger partial charge in [0.2, 0.25) is 0 Å². The van der Waals surface area contributed by atoms with Crippen LogP contribution in [0.15, 0.2) is 158 Å². The first-order valence-corrected chi connectivity index (χ1v) is 15.1. The zero-order valence-electron chi connectivity index (χ0n) is 24.3. The minimum Gasteiger partial charge on any atom is -0.301 e. The fourth-order valence-electron chi connectivity index (χ4n) is 6.41. The van der Waals surface area contributed by atoms with Crippen molar-refractivity contribution in [2.24, 2.45) is 0 Å². The van der Waals surface area contributed by atoms with Crippen LogP contribution in [0.1, 0.15) is 0 Å². The van der Waals surface area contributed by atoms with Gasteiger partial charge in [-0.25, -0.2) is 15.0 Å². The molecule has 0 bridgehead atoms. The number of hydrogen-bond acceptors (Lipinski definition) is 3. The van der Waals surface area contributed by atoms with Gasteiger partial charge in [0, 0.05) is 44.6 Å². The van der Waals surface area contributed by atoms with Crippen molar-refractivity contribution in [3.8, 4) is 45.0 Å². The number of hydrogen-bond donors (Lipinski definition) is 0. The Labute approximate surface area is 259 Å². The highest BCUT2D eigenvalue weighted by Crippen LogP contribution is 2.36. The maximum atomic E-state index is 5.25. The summed E-state index contributed by atoms with van der Waals surface area (Å²) in [6.45, 7) is 0. The third kappa shape index (κ3) is 4.27. The summed E-state index contributed by atoms with van der Waals surface area (Å²) in [6.07, 6.45) is 2.09. The second-order valence-corrected chi connectivity index (χ2v) is 11.3. The third-order valence-electron chi connectivity index (χ3n) is 8.61. The summed E-state index contributed by atoms with van der Waals surface area (Å²) in [7, 11) is 0. The Balaban J connectivity index is 1.13. The van der Waals surface area contributed by atoms with Crippen LogP contribution in [-0.2, 0) is 0 Å². The zero-order valence-corrected chi connectivity index (χ0v) is 24.3. The number of pyridine rings is 2. The van der Waals surface area contributed by atoms with E-state index in [-0.39, 0.29) is 0 Å². The highest BCUT2D eigenvalue weighted by atomic mass is 15.0. The minimum absolute atomic E-state index is 0.719. The smallest absolute Gasteiger partial charge is 0.160 e. The van der Waals surface area contributed by atoms with Crippen molar-refractivity contribution in [3.63, 3.8) is 0 Å². The summed E-state index contributed by atoms with van der Waals surface area (Å²) >= 11 is 0. The molecule has 0 radical (unpaired) electrons. The van der Waals surface area contributed by atoms with Gasteiger partial charge in [-0.2, -0.15) is 0 Å². The van der Waals surface area contributed by atoms with Crippen molar-refractivity contribution in [2.45, 2.75) is 0 Å². The monoisotopic (exact) mass is 574 g/mol. The second-order valence-electron chi connectivity index (χ2n) is 11.3. The Morgan fingerprint density at radius 2 is 1.04 bits per heavy atom. The van der Waals surface area contributed by atoms with Crippen molar-refractivity contribution < 1.29 is 0 Å². The fourth-order valence-corrected chi connectivity index (χ4v) is 6.41. The van der Waals surface area contributed by atoms with Gasteiger partial charge >= 0.3 is 0 Å². The maximum Gasteiger partial charge on any atom is 0.160 e. The molecule has 0 saturated carbocycles. The lowest BCUT2D eigenvalue weighted by molar-refractivity contribution is 1.20. The van der Waals surface area contributed by atoms with E-state index in [1.165, 1.54) is 10.8 Å². The predicted octanol–water partition coefficient (Wildman–Crippen LogP) is 10.3. The number of para-hydroxylation sites is 1. The molecule has 0 fully saturated rings. The molecular formula is C41H26N4. The molecule has 9 rings (SSSR count). The number of nitrogens with zero attached hydrogens (tertiary/aromatic N) is 4. The van der Waals surface area contributed by atoms with Gasteiger partial charge < -0.3 is 4.40 Å². The maximum absolute atomic E-state index is 5.25. The molecule has 210 valence electrons. The van der Waals surface area contributed by atoms with Gasteiger partial charge in [-0.05, 0) is 46.8 Å². The summed E-state index contributed by atoms with van der Waals surface area (Å²) in [6, 6.07) is 52.8. The molecule has 0 unspecified atom stereocenters. The molecule has 4 nitrogen and oxygen atoms in total. The number of rotatable bonds is 4. The molecule has 4 heterocycles. The van der Waals surface area contributed by atoms with Gasteiger partial charge in [-0.3, -0.25) is 0 Å². The summed E-state index contributed by atoms with van der Waals surface area (Å²) in [4.78, 5) is 15.2. The van der Waals surface area contributed by atoms with Crippen molar-refractivity contribution in [2.75, 3.05) is 0 Å². The van der Waals surface area contributed by atoms with Gasteiger partial charge in [0.05, 0.1) is 16.9 Å². The van der Waals surface area contributed by atoms with E-state index in [9.17, 15) is 0 Å². The highest BCUT2D eigenvalue weighted by Gasteiger charge is 2.15. The molecule has 0 aliphatic rings. The molecule has 9 aromatic rings. The van der Waals surface area contributed by atoms with Crippen LogP contribution in [0.5, 0.6) is 0 Å². The summed E-state index contributed by atoms with van der Waals surface area (Å²) in [5, 5.41) is 4.57. The van der Waals surface area contributed by atoms with Crippen LogP contribution in [0.4, 0.5) is 0 Å². The molecule has 0 saturated heterocycles. The first-order chi connectivity index (χ1) is 22.3. The molecule has 0 aliphatic carbocycles. The molecule has 0 spiro atoms. The van der Waals surface area contributed by atoms with E-state index >= 15 is 0 Å². The van der Waals surface area contributed by atoms with E-state index in [1.807, 2.05) is 30.3 Å². The van der Waals surface area contributed by atoms with E-state index in [1.54, 1.807) is 0 Å². The summed E-state index contributed by atoms with van der Waals surface area (Å²) in [5.74, 6) is 0.719. The molecule has 4 heteroatoms. The first kappa shape index (κ1) is 25.4. The Hall–Kier alpha value is -6.13. The van der Waals surface area contributed by atoms with E-state index in [0.717, 1.165) is 72.5 Å². The van der Waals surface area contributed by atoms with Crippen molar-refractivity contribution in [1.29, 1.82) is 0 Å². The van der Waals surface area contributed by atoms with Crippen LogP contribution in [0, 0.1) is 0 Å². The van der Waals surface area contributed by atoms with E-state index in [2.05, 4.69) is 132 Å². The van der Waals surface area contributed by atoms with Crippen LogP contribution in [-0.4, -0.2) is 19.4 Å². The van der Waals surface area contributed by atoms with Gasteiger partial charge in [0.1, 0.15) is 5.65 Å². The Morgan fingerprint density at radius 3 is 1.91 bits per heavy atom. The van der Waals surface area contributed by atoms with Crippen LogP contribution in [0.3, 0.4) is 0 Å². The normalized spacial score (nSPS) is 11.6. The van der Waals surface area contributed by atoms with E-state index in [4.69, 9.17) is 15.0 Å². The number of fused-ring (bicyclic) bond motifs is 6. The average molecular weight is 575 g/mol. The lowest BCUT2D eigenvalue weighted by Gasteiger charge is -2.11. The van der Waals surface area contributed by atoms with Crippen LogP contribution in [0.25, 0.3) is 83.3 Å². The van der Waals surface area contributed by atoms with Crippen LogP contribution in [0.2, 0.25) is 0 Å². The lowest BCUT2D eigenvalue weighted by Crippen LogP contribution is -1.95. The van der Waals surface area contributed by atoms with Gasteiger partial charge in [-0.1, -0.05) is 121 Å². The SMILES string of the molecule is c1ccc(-c2nc(-c3ccc(-c4cccc(-c5nc6c(cc7ccccn76)c6ccccc56)c4)cc3)nc3ccccc23)cc1. The average Bonchev–Trinajstić information content (AvgIpc) is 3.50. The fraction of sp³-hybridized carbons (Fsp3) is 0. The van der Waals surface area contributed by atoms with Crippen molar-refractivity contribution in [1.82, 2.24) is 19.4 Å². The topological polar surface area (TPSA) is 43.1 Å². The van der Waals surface area contributed by atoms with Crippen molar-refractivity contribution >= 4 is 38.2 Å². The highest BCUT2D eigenvalue weighted by molar-refractivity contribution is 6.12. The Bertz CT molecular complexity index is 2530. The van der Waals surface area contributed by atoms with Crippen LogP contribution < -0.4 is 0 Å². The minimum atomic E-state index is 0.719. The number of benzene rings is 5. The standard InChI is InChI=1S/C41H26N4/c1-2-11-28(12-3-1)38-35-18-6-7-19-37(35)42-40(43-38)29-22-20-27(21-23-29)30-13-10-14-31(25-30)39-34-17-5-4-16-33(34)36-26-32-15-8-9-24-45(32)41(36)44-39/h1-26H. The molecule has 0 aliphatic heterocycles. The molecule has 4 aromatic heterocycles. The molecule has 0 N–H and O–H groups in total. The molecule has 0 amide bonds. The number of aromatic nitrogens is 4. The predicted molar refractivity (Wildman–Crippen MR) is 185 cm³/mol. The summed E-state index contributed by atoms with van der Waals surface area (Å²) < 4.78 is 2.17. The van der Waals surface area contributed by atoms with Gasteiger partial charge in [0.15, 0.2) is 5.82 Å². The van der Waals surface area contributed by atoms with E-state index < -0.39 is 0 Å². The lowest BCUT2D eigenvalue weighted by atomic mass is 9.97. The van der Waals surface area contributed by atoms with Crippen LogP contribution >= 0.6 is 0 Å². The summed E-state index contributed by atoms with van der Waals surface area (Å²) in [5.41, 5.74) is 10.4. The molecule has 5 aromatic carbocycles.